The van der Waals surface area contributed by atoms with Crippen LogP contribution in [-0.2, 0) is 9.59 Å². The maximum atomic E-state index is 11.2. The van der Waals surface area contributed by atoms with Gasteiger partial charge in [-0.25, -0.2) is 0 Å². The molecule has 0 bridgehead atoms. The molecule has 0 aromatic heterocycles. The Labute approximate surface area is 100.0 Å². The van der Waals surface area contributed by atoms with Crippen LogP contribution in [0.5, 0.6) is 0 Å². The van der Waals surface area contributed by atoms with Crippen molar-refractivity contribution in [2.45, 2.75) is 31.7 Å². The van der Waals surface area contributed by atoms with Crippen LogP contribution in [0.15, 0.2) is 0 Å². The molecule has 0 amide bonds. The van der Waals surface area contributed by atoms with E-state index in [1.54, 1.807) is 0 Å². The van der Waals surface area contributed by atoms with Crippen LogP contribution in [0.4, 0.5) is 0 Å². The number of carboxylic acid groups (broad SMARTS) is 1. The third-order valence-electron chi connectivity index (χ3n) is 1.91. The number of hydrogen-bond donors (Lipinski definition) is 2. The number of aliphatic carboxylic acids is 1. The molecular weight excluding hydrogens is 226 g/mol. The van der Waals surface area contributed by atoms with Crippen molar-refractivity contribution in [2.24, 2.45) is 5.73 Å². The average molecular weight is 243 g/mol. The van der Waals surface area contributed by atoms with E-state index < -0.39 is 12.0 Å². The van der Waals surface area contributed by atoms with E-state index in [0.717, 1.165) is 12.2 Å². The molecule has 0 aromatic rings. The van der Waals surface area contributed by atoms with Crippen LogP contribution in [0.25, 0.3) is 0 Å². The number of thioether (sulfide) groups is 1. The van der Waals surface area contributed by atoms with Gasteiger partial charge in [0, 0.05) is 25.0 Å². The largest absolute Gasteiger partial charge is 0.480 e. The Hall–Kier alpha value is -0.990. The first kappa shape index (κ1) is 15.0. The molecule has 3 N–H and O–H groups in total. The molecule has 16 heavy (non-hydrogen) atoms. The summed E-state index contributed by atoms with van der Waals surface area (Å²) in [4.78, 5) is 21.6. The molecule has 0 aliphatic rings. The molecule has 0 spiro atoms. The van der Waals surface area contributed by atoms with Crippen LogP contribution in [-0.4, -0.2) is 34.4 Å². The lowest BCUT2D eigenvalue weighted by molar-refractivity contribution is -0.137. The Morgan fingerprint density at radius 1 is 1.44 bits per heavy atom. The average Bonchev–Trinajstić information content (AvgIpc) is 2.25. The van der Waals surface area contributed by atoms with E-state index in [1.165, 1.54) is 11.8 Å². The summed E-state index contributed by atoms with van der Waals surface area (Å²) in [5, 5.41) is 8.51. The smallest absolute Gasteiger partial charge is 0.321 e. The quantitative estimate of drug-likeness (QED) is 0.464. The third kappa shape index (κ3) is 8.33. The van der Waals surface area contributed by atoms with Crippen molar-refractivity contribution >= 4 is 23.5 Å². The van der Waals surface area contributed by atoms with E-state index in [0.29, 0.717) is 25.0 Å². The number of terminal acetylenes is 1. The highest BCUT2D eigenvalue weighted by atomic mass is 32.2. The summed E-state index contributed by atoms with van der Waals surface area (Å²) in [6, 6.07) is -0.817. The number of rotatable bonds is 9. The number of carbonyl (C=O) groups is 2. The second kappa shape index (κ2) is 9.25. The first-order valence-electron chi connectivity index (χ1n) is 5.09. The fourth-order valence-corrected chi connectivity index (χ4v) is 1.90. The summed E-state index contributed by atoms with van der Waals surface area (Å²) < 4.78 is 0. The van der Waals surface area contributed by atoms with Gasteiger partial charge in [-0.15, -0.1) is 12.3 Å². The summed E-state index contributed by atoms with van der Waals surface area (Å²) in [5.74, 6) is 2.73. The van der Waals surface area contributed by atoms with Crippen LogP contribution in [0.1, 0.15) is 25.7 Å². The summed E-state index contributed by atoms with van der Waals surface area (Å²) in [6.45, 7) is 0. The predicted molar refractivity (Wildman–Crippen MR) is 65.2 cm³/mol. The van der Waals surface area contributed by atoms with Gasteiger partial charge in [0.25, 0.3) is 0 Å². The minimum atomic E-state index is -0.988. The first-order chi connectivity index (χ1) is 7.57. The van der Waals surface area contributed by atoms with Gasteiger partial charge in [0.1, 0.15) is 11.8 Å². The van der Waals surface area contributed by atoms with E-state index in [9.17, 15) is 9.59 Å². The van der Waals surface area contributed by atoms with Crippen molar-refractivity contribution in [3.05, 3.63) is 0 Å². The zero-order valence-corrected chi connectivity index (χ0v) is 9.96. The topological polar surface area (TPSA) is 80.4 Å². The van der Waals surface area contributed by atoms with Crippen LogP contribution in [0.3, 0.4) is 0 Å². The van der Waals surface area contributed by atoms with Gasteiger partial charge in [-0.1, -0.05) is 0 Å². The van der Waals surface area contributed by atoms with Crippen molar-refractivity contribution < 1.29 is 14.7 Å². The molecule has 90 valence electrons. The molecule has 0 saturated carbocycles. The van der Waals surface area contributed by atoms with E-state index in [-0.39, 0.29) is 5.78 Å². The minimum absolute atomic E-state index is 0.168. The van der Waals surface area contributed by atoms with Crippen LogP contribution >= 0.6 is 11.8 Å². The Balaban J connectivity index is 3.37. The van der Waals surface area contributed by atoms with Crippen molar-refractivity contribution in [2.75, 3.05) is 11.5 Å². The second-order valence-corrected chi connectivity index (χ2v) is 4.52. The summed E-state index contributed by atoms with van der Waals surface area (Å²) in [7, 11) is 0. The van der Waals surface area contributed by atoms with Gasteiger partial charge in [0.2, 0.25) is 0 Å². The summed E-state index contributed by atoms with van der Waals surface area (Å²) in [5.41, 5.74) is 5.31. The SMILES string of the molecule is C#CCCC(=O)CCCSC[C@H](N)C(=O)O. The molecular formula is C11H17NO3S. The van der Waals surface area contributed by atoms with Crippen molar-refractivity contribution in [3.8, 4) is 12.3 Å². The number of carbonyl (C=O) groups excluding carboxylic acids is 1. The Morgan fingerprint density at radius 3 is 2.69 bits per heavy atom. The number of ketones is 1. The van der Waals surface area contributed by atoms with Gasteiger partial charge in [-0.05, 0) is 12.2 Å². The summed E-state index contributed by atoms with van der Waals surface area (Å²) >= 11 is 1.46. The van der Waals surface area contributed by atoms with Crippen LogP contribution < -0.4 is 5.73 Å². The zero-order valence-electron chi connectivity index (χ0n) is 9.15. The number of nitrogens with two attached hydrogens (primary N) is 1. The van der Waals surface area contributed by atoms with E-state index in [1.807, 2.05) is 0 Å². The zero-order chi connectivity index (χ0) is 12.4. The van der Waals surface area contributed by atoms with E-state index in [2.05, 4.69) is 5.92 Å². The highest BCUT2D eigenvalue weighted by molar-refractivity contribution is 7.99. The van der Waals surface area contributed by atoms with Crippen LogP contribution in [0.2, 0.25) is 0 Å². The molecule has 0 rings (SSSR count). The van der Waals surface area contributed by atoms with Gasteiger partial charge < -0.3 is 10.8 Å². The first-order valence-corrected chi connectivity index (χ1v) is 6.24. The molecule has 0 aromatic carbocycles. The van der Waals surface area contributed by atoms with Gasteiger partial charge in [0.15, 0.2) is 0 Å². The number of hydrogen-bond acceptors (Lipinski definition) is 4. The predicted octanol–water partition coefficient (Wildman–Crippen LogP) is 0.894. The molecule has 0 unspecified atom stereocenters. The van der Waals surface area contributed by atoms with Gasteiger partial charge in [-0.3, -0.25) is 9.59 Å². The standard InChI is InChI=1S/C11H17NO3S/c1-2-3-5-9(13)6-4-7-16-8-10(12)11(14)15/h1,10H,3-8,12H2,(H,14,15)/t10-/m0/s1. The van der Waals surface area contributed by atoms with Crippen LogP contribution in [0, 0.1) is 12.3 Å². The third-order valence-corrected chi connectivity index (χ3v) is 3.08. The molecule has 0 fully saturated rings. The molecule has 0 aliphatic heterocycles. The lowest BCUT2D eigenvalue weighted by Gasteiger charge is -2.05. The van der Waals surface area contributed by atoms with Crippen molar-refractivity contribution in [3.63, 3.8) is 0 Å². The molecule has 0 aliphatic carbocycles. The highest BCUT2D eigenvalue weighted by Gasteiger charge is 2.10. The molecule has 1 atom stereocenters. The molecule has 5 heteroatoms. The highest BCUT2D eigenvalue weighted by Crippen LogP contribution is 2.07. The monoisotopic (exact) mass is 243 g/mol. The Morgan fingerprint density at radius 2 is 2.12 bits per heavy atom. The minimum Gasteiger partial charge on any atom is -0.480 e. The van der Waals surface area contributed by atoms with Gasteiger partial charge >= 0.3 is 5.97 Å². The lowest BCUT2D eigenvalue weighted by atomic mass is 10.1. The Bertz CT molecular complexity index is 273. The van der Waals surface area contributed by atoms with E-state index >= 15 is 0 Å². The maximum absolute atomic E-state index is 11.2. The maximum Gasteiger partial charge on any atom is 0.321 e. The molecule has 0 heterocycles. The Kier molecular flexibility index (Phi) is 8.68. The van der Waals surface area contributed by atoms with Crippen molar-refractivity contribution in [1.82, 2.24) is 0 Å². The fourth-order valence-electron chi connectivity index (χ4n) is 0.990. The fraction of sp³-hybridized carbons (Fsp3) is 0.636. The normalized spacial score (nSPS) is 11.8. The number of carboxylic acids is 1. The van der Waals surface area contributed by atoms with Gasteiger partial charge in [0.05, 0.1) is 0 Å². The molecule has 0 saturated heterocycles. The lowest BCUT2D eigenvalue weighted by Crippen LogP contribution is -2.32. The second-order valence-electron chi connectivity index (χ2n) is 3.37. The summed E-state index contributed by atoms with van der Waals surface area (Å²) in [6.07, 6.45) is 7.24. The molecule has 0 radical (unpaired) electrons. The van der Waals surface area contributed by atoms with Crippen molar-refractivity contribution in [1.29, 1.82) is 0 Å². The molecule has 4 nitrogen and oxygen atoms in total. The van der Waals surface area contributed by atoms with Gasteiger partial charge in [-0.2, -0.15) is 11.8 Å². The number of Topliss-reactive ketones (excluding diaryl/α,β-unsaturated/α-hetero) is 1. The van der Waals surface area contributed by atoms with E-state index in [4.69, 9.17) is 17.3 Å².